The molecule has 2 aromatic rings. The number of benzene rings is 1. The zero-order valence-corrected chi connectivity index (χ0v) is 30.7. The van der Waals surface area contributed by atoms with Crippen LogP contribution in [-0.4, -0.2) is 90.0 Å². The Bertz CT molecular complexity index is 1720. The van der Waals surface area contributed by atoms with E-state index in [9.17, 15) is 14.4 Å². The molecule has 1 amide bonds. The maximum atomic E-state index is 13.8. The average Bonchev–Trinajstić information content (AvgIpc) is 3.79. The third-order valence-corrected chi connectivity index (χ3v) is 12.7. The fraction of sp³-hybridized carbons (Fsp3) is 0.625. The molecule has 50 heavy (non-hydrogen) atoms. The number of aromatic nitrogens is 1. The van der Waals surface area contributed by atoms with Crippen molar-refractivity contribution in [1.29, 1.82) is 5.26 Å². The number of carbonyl (C=O) groups is 1. The third-order valence-electron chi connectivity index (χ3n) is 12.4. The van der Waals surface area contributed by atoms with Crippen LogP contribution in [0.3, 0.4) is 0 Å². The Morgan fingerprint density at radius 3 is 2.50 bits per heavy atom. The lowest BCUT2D eigenvalue weighted by atomic mass is 9.49. The number of likely N-dealkylation sites (tertiary alicyclic amines) is 2. The number of methoxy groups -OCH3 is 1. The van der Waals surface area contributed by atoms with Gasteiger partial charge in [-0.15, -0.1) is 0 Å². The van der Waals surface area contributed by atoms with Gasteiger partial charge in [0, 0.05) is 55.1 Å². The molecule has 4 heterocycles. The summed E-state index contributed by atoms with van der Waals surface area (Å²) >= 11 is 6.28. The molecule has 2 aliphatic carbocycles. The number of hydrogen-bond donors (Lipinski definition) is 0. The third kappa shape index (κ3) is 6.41. The molecule has 0 bridgehead atoms. The van der Waals surface area contributed by atoms with Gasteiger partial charge in [0.05, 0.1) is 34.9 Å². The van der Waals surface area contributed by atoms with E-state index in [0.29, 0.717) is 52.4 Å². The number of fused-ring (bicyclic) bond motifs is 1. The number of amides is 1. The number of halogens is 2. The van der Waals surface area contributed by atoms with Crippen LogP contribution in [0.15, 0.2) is 30.3 Å². The van der Waals surface area contributed by atoms with Crippen molar-refractivity contribution in [2.45, 2.75) is 97.3 Å². The minimum absolute atomic E-state index is 0.00642. The van der Waals surface area contributed by atoms with Gasteiger partial charge in [0.15, 0.2) is 0 Å². The number of nitriles is 1. The van der Waals surface area contributed by atoms with Crippen LogP contribution < -0.4 is 4.74 Å². The number of alkyl halides is 1. The second-order valence-corrected chi connectivity index (χ2v) is 17.0. The lowest BCUT2D eigenvalue weighted by Gasteiger charge is -2.65. The van der Waals surface area contributed by atoms with E-state index in [-0.39, 0.29) is 28.9 Å². The van der Waals surface area contributed by atoms with E-state index in [1.807, 2.05) is 17.0 Å². The Morgan fingerprint density at radius 2 is 1.80 bits per heavy atom. The SMILES string of the molecule is COC(F)CN1CCC2(CCN(C3CCC(C#Cc4ccc5c(n4)CN(C4C(C)(C)C(Oc6ccc(C#N)c(Cl)c6)C4(C)C)C5=O)CC3)C2)C1. The highest BCUT2D eigenvalue weighted by molar-refractivity contribution is 6.31. The largest absolute Gasteiger partial charge is 0.489 e. The summed E-state index contributed by atoms with van der Waals surface area (Å²) in [5.74, 6) is 7.86. The summed E-state index contributed by atoms with van der Waals surface area (Å²) in [6.45, 7) is 13.6. The summed E-state index contributed by atoms with van der Waals surface area (Å²) in [6, 6.07) is 11.6. The molecule has 1 spiro atoms. The quantitative estimate of drug-likeness (QED) is 0.298. The van der Waals surface area contributed by atoms with Crippen molar-refractivity contribution in [1.82, 2.24) is 19.7 Å². The molecular formula is C40H49ClFN5O3. The maximum Gasteiger partial charge on any atom is 0.256 e. The van der Waals surface area contributed by atoms with E-state index in [1.54, 1.807) is 18.2 Å². The predicted molar refractivity (Wildman–Crippen MR) is 190 cm³/mol. The number of carbonyl (C=O) groups excluding carboxylic acids is 1. The first-order valence-electron chi connectivity index (χ1n) is 18.2. The summed E-state index contributed by atoms with van der Waals surface area (Å²) in [7, 11) is 1.44. The standard InChI is InChI=1S/C40H49ClFN5O3/c1-38(2)36(39(3,4)37(38)50-30-14-9-27(21-43)32(41)20-30)47-22-33-31(35(47)48)15-11-28(44-33)10-6-26-7-12-29(13-8-26)46-19-17-40(25-46)16-18-45(24-40)23-34(42)49-5/h9,11,14-15,20,26,29,34,36-37H,7-8,12-13,16-19,22-25H2,1-5H3. The van der Waals surface area contributed by atoms with Crippen molar-refractivity contribution in [2.24, 2.45) is 22.2 Å². The fourth-order valence-electron chi connectivity index (χ4n) is 10.3. The molecule has 10 heteroatoms. The zero-order valence-electron chi connectivity index (χ0n) is 30.0. The van der Waals surface area contributed by atoms with Crippen LogP contribution in [0.2, 0.25) is 5.02 Å². The van der Waals surface area contributed by atoms with Gasteiger partial charge in [-0.05, 0) is 87.2 Å². The number of ether oxygens (including phenoxy) is 2. The molecule has 7 rings (SSSR count). The molecule has 1 aromatic carbocycles. The van der Waals surface area contributed by atoms with Gasteiger partial charge in [0.25, 0.3) is 5.91 Å². The van der Waals surface area contributed by atoms with E-state index in [2.05, 4.69) is 55.4 Å². The number of hydrogen-bond acceptors (Lipinski definition) is 7. The van der Waals surface area contributed by atoms with E-state index < -0.39 is 6.36 Å². The maximum absolute atomic E-state index is 13.8. The van der Waals surface area contributed by atoms with Crippen molar-refractivity contribution >= 4 is 17.5 Å². The van der Waals surface area contributed by atoms with Crippen LogP contribution in [0, 0.1) is 45.3 Å². The predicted octanol–water partition coefficient (Wildman–Crippen LogP) is 6.69. The van der Waals surface area contributed by atoms with Gasteiger partial charge >= 0.3 is 0 Å². The molecule has 266 valence electrons. The molecule has 2 unspecified atom stereocenters. The van der Waals surface area contributed by atoms with Crippen molar-refractivity contribution in [3.05, 3.63) is 57.9 Å². The molecule has 0 radical (unpaired) electrons. The zero-order chi connectivity index (χ0) is 35.4. The average molecular weight is 702 g/mol. The van der Waals surface area contributed by atoms with Crippen LogP contribution >= 0.6 is 11.6 Å². The smallest absolute Gasteiger partial charge is 0.256 e. The first-order chi connectivity index (χ1) is 23.8. The monoisotopic (exact) mass is 701 g/mol. The molecule has 3 aliphatic heterocycles. The van der Waals surface area contributed by atoms with Crippen molar-refractivity contribution < 1.29 is 18.7 Å². The summed E-state index contributed by atoms with van der Waals surface area (Å²) in [6.07, 6.45) is 5.48. The van der Waals surface area contributed by atoms with Crippen molar-refractivity contribution in [3.8, 4) is 23.7 Å². The van der Waals surface area contributed by atoms with Crippen LogP contribution in [0.25, 0.3) is 0 Å². The first kappa shape index (κ1) is 35.2. The number of pyridine rings is 1. The van der Waals surface area contributed by atoms with Gasteiger partial charge in [-0.2, -0.15) is 5.26 Å². The van der Waals surface area contributed by atoms with Gasteiger partial charge < -0.3 is 14.4 Å². The van der Waals surface area contributed by atoms with Gasteiger partial charge in [-0.25, -0.2) is 9.37 Å². The van der Waals surface area contributed by atoms with Crippen LogP contribution in [0.1, 0.15) is 93.5 Å². The molecule has 5 aliphatic rings. The highest BCUT2D eigenvalue weighted by Gasteiger charge is 2.67. The molecule has 2 atom stereocenters. The van der Waals surface area contributed by atoms with E-state index >= 15 is 0 Å². The second-order valence-electron chi connectivity index (χ2n) is 16.5. The molecule has 2 saturated heterocycles. The van der Waals surface area contributed by atoms with Crippen molar-refractivity contribution in [2.75, 3.05) is 39.8 Å². The van der Waals surface area contributed by atoms with Crippen LogP contribution in [-0.2, 0) is 11.3 Å². The van der Waals surface area contributed by atoms with Gasteiger partial charge in [0.1, 0.15) is 23.6 Å². The molecule has 4 fully saturated rings. The molecular weight excluding hydrogens is 653 g/mol. The second kappa shape index (κ2) is 13.4. The lowest BCUT2D eigenvalue weighted by Crippen LogP contribution is -2.74. The van der Waals surface area contributed by atoms with Gasteiger partial charge in [-0.1, -0.05) is 45.2 Å². The fourth-order valence-corrected chi connectivity index (χ4v) is 10.5. The number of rotatable bonds is 7. The molecule has 2 saturated carbocycles. The van der Waals surface area contributed by atoms with E-state index in [1.165, 1.54) is 13.5 Å². The topological polar surface area (TPSA) is 81.9 Å². The Kier molecular flexibility index (Phi) is 9.44. The minimum atomic E-state index is -1.20. The Hall–Kier alpha value is -3.21. The van der Waals surface area contributed by atoms with Crippen molar-refractivity contribution in [3.63, 3.8) is 0 Å². The van der Waals surface area contributed by atoms with Gasteiger partial charge in [-0.3, -0.25) is 14.6 Å². The van der Waals surface area contributed by atoms with Crippen LogP contribution in [0.5, 0.6) is 5.75 Å². The van der Waals surface area contributed by atoms with E-state index in [0.717, 1.165) is 69.7 Å². The highest BCUT2D eigenvalue weighted by atomic mass is 35.5. The Balaban J connectivity index is 0.937. The van der Waals surface area contributed by atoms with Crippen LogP contribution in [0.4, 0.5) is 4.39 Å². The molecule has 0 N–H and O–H groups in total. The summed E-state index contributed by atoms with van der Waals surface area (Å²) < 4.78 is 25.1. The van der Waals surface area contributed by atoms with Gasteiger partial charge in [0.2, 0.25) is 6.36 Å². The highest BCUT2D eigenvalue weighted by Crippen LogP contribution is 2.59. The first-order valence-corrected chi connectivity index (χ1v) is 18.5. The summed E-state index contributed by atoms with van der Waals surface area (Å²) in [5.41, 5.74) is 2.22. The summed E-state index contributed by atoms with van der Waals surface area (Å²) in [5, 5.41) is 9.60. The Morgan fingerprint density at radius 1 is 1.06 bits per heavy atom. The Labute approximate surface area is 301 Å². The lowest BCUT2D eigenvalue weighted by molar-refractivity contribution is -0.199. The minimum Gasteiger partial charge on any atom is -0.489 e. The molecule has 8 nitrogen and oxygen atoms in total. The molecule has 1 aromatic heterocycles. The number of nitrogens with zero attached hydrogens (tertiary/aromatic N) is 5. The summed E-state index contributed by atoms with van der Waals surface area (Å²) in [4.78, 5) is 25.5. The van der Waals surface area contributed by atoms with E-state index in [4.69, 9.17) is 26.1 Å². The normalized spacial score (nSPS) is 30.8.